The van der Waals surface area contributed by atoms with Gasteiger partial charge in [0.2, 0.25) is 6.29 Å². The Morgan fingerprint density at radius 1 is 0.780 bits per heavy atom. The first-order valence-electron chi connectivity index (χ1n) is 21.8. The fourth-order valence-corrected chi connectivity index (χ4v) is 14.0. The van der Waals surface area contributed by atoms with E-state index >= 15 is 0 Å². The summed E-state index contributed by atoms with van der Waals surface area (Å²) in [5.41, 5.74) is -1.03. The van der Waals surface area contributed by atoms with E-state index in [9.17, 15) is 45.6 Å². The van der Waals surface area contributed by atoms with Crippen molar-refractivity contribution in [2.75, 3.05) is 20.3 Å². The van der Waals surface area contributed by atoms with E-state index in [0.29, 0.717) is 19.3 Å². The number of carbonyl (C=O) groups is 1. The van der Waals surface area contributed by atoms with Crippen LogP contribution >= 0.6 is 0 Å². The van der Waals surface area contributed by atoms with E-state index in [1.165, 1.54) is 5.57 Å². The van der Waals surface area contributed by atoms with Gasteiger partial charge in [-0.25, -0.2) is 0 Å². The van der Waals surface area contributed by atoms with Gasteiger partial charge in [-0.05, 0) is 91.8 Å². The average Bonchev–Trinajstić information content (AvgIpc) is 3.17. The van der Waals surface area contributed by atoms with Crippen molar-refractivity contribution >= 4 is 5.97 Å². The van der Waals surface area contributed by atoms with Gasteiger partial charge in [0, 0.05) is 30.8 Å². The van der Waals surface area contributed by atoms with Gasteiger partial charge in [-0.1, -0.05) is 53.2 Å². The van der Waals surface area contributed by atoms with Crippen molar-refractivity contribution in [3.63, 3.8) is 0 Å². The molecule has 59 heavy (non-hydrogen) atoms. The second-order valence-corrected chi connectivity index (χ2v) is 21.3. The largest absolute Gasteiger partial charge is 0.433 e. The van der Waals surface area contributed by atoms with Crippen molar-refractivity contribution in [3.05, 3.63) is 11.6 Å². The first-order valence-corrected chi connectivity index (χ1v) is 21.8. The summed E-state index contributed by atoms with van der Waals surface area (Å²) in [5, 5.41) is 88.9. The van der Waals surface area contributed by atoms with Gasteiger partial charge in [-0.3, -0.25) is 4.79 Å². The Morgan fingerprint density at radius 2 is 1.44 bits per heavy atom. The molecule has 2 saturated heterocycles. The Kier molecular flexibility index (Phi) is 12.2. The standard InChI is InChI=1S/C44H72O15/c1-21-29(49)34(58-37-32(52)30(50)31(51)36(59-37)56-22(2)47)33(53)38(55-21)57-28-11-12-40(5)26(41(28,6)19-45)10-13-42(7)35(40)25(54-9)16-23-24-17-39(3,4)14-15-44(24,20-46)27(48)18-43(23,42)8/h16,21,24-38,45-46,48-53H,10-15,17-20H2,1-9H3/t21-,24-,25-,26+,27+,28+,29+,30+,31+,32-,33-,34+,35-,36+,37-,38+,40+,41+,42-,43-,44-/m1/s1. The van der Waals surface area contributed by atoms with E-state index in [4.69, 9.17) is 28.4 Å². The highest BCUT2D eigenvalue weighted by molar-refractivity contribution is 5.66. The molecule has 6 fully saturated rings. The first kappa shape index (κ1) is 45.7. The van der Waals surface area contributed by atoms with Gasteiger partial charge in [-0.15, -0.1) is 0 Å². The topological polar surface area (TPSA) is 234 Å². The van der Waals surface area contributed by atoms with Gasteiger partial charge < -0.3 is 69.3 Å². The predicted molar refractivity (Wildman–Crippen MR) is 210 cm³/mol. The molecule has 0 unspecified atom stereocenters. The van der Waals surface area contributed by atoms with Crippen LogP contribution in [-0.4, -0.2) is 147 Å². The lowest BCUT2D eigenvalue weighted by molar-refractivity contribution is -0.383. The first-order chi connectivity index (χ1) is 27.5. The summed E-state index contributed by atoms with van der Waals surface area (Å²) in [6, 6.07) is 0. The molecule has 5 aliphatic carbocycles. The molecule has 0 amide bonds. The van der Waals surface area contributed by atoms with Crippen molar-refractivity contribution in [3.8, 4) is 0 Å². The Hall–Kier alpha value is -1.31. The molecular formula is C44H72O15. The van der Waals surface area contributed by atoms with Crippen LogP contribution in [0.3, 0.4) is 0 Å². The van der Waals surface area contributed by atoms with Crippen LogP contribution in [0.5, 0.6) is 0 Å². The number of fused-ring (bicyclic) bond motifs is 7. The summed E-state index contributed by atoms with van der Waals surface area (Å²) in [7, 11) is 1.77. The van der Waals surface area contributed by atoms with Crippen LogP contribution in [0.25, 0.3) is 0 Å². The highest BCUT2D eigenvalue weighted by Crippen LogP contribution is 2.76. The summed E-state index contributed by atoms with van der Waals surface area (Å²) in [5.74, 6) is -0.835. The van der Waals surface area contributed by atoms with Crippen LogP contribution in [0.15, 0.2) is 11.6 Å². The Morgan fingerprint density at radius 3 is 2.07 bits per heavy atom. The monoisotopic (exact) mass is 840 g/mol. The molecule has 7 aliphatic rings. The number of aliphatic hydroxyl groups excluding tert-OH is 8. The Labute approximate surface area is 348 Å². The lowest BCUT2D eigenvalue weighted by Crippen LogP contribution is -2.70. The lowest BCUT2D eigenvalue weighted by atomic mass is 9.32. The van der Waals surface area contributed by atoms with Gasteiger partial charge in [-0.2, -0.15) is 0 Å². The number of aliphatic hydroxyl groups is 8. The normalized spacial score (nSPS) is 54.5. The van der Waals surface area contributed by atoms with Crippen molar-refractivity contribution < 1.29 is 74.1 Å². The highest BCUT2D eigenvalue weighted by Gasteiger charge is 2.72. The fourth-order valence-electron chi connectivity index (χ4n) is 14.0. The minimum atomic E-state index is -1.83. The summed E-state index contributed by atoms with van der Waals surface area (Å²) < 4.78 is 35.6. The van der Waals surface area contributed by atoms with Crippen LogP contribution in [0.1, 0.15) is 107 Å². The van der Waals surface area contributed by atoms with Crippen LogP contribution in [0.4, 0.5) is 0 Å². The molecule has 0 radical (unpaired) electrons. The zero-order chi connectivity index (χ0) is 43.4. The summed E-state index contributed by atoms with van der Waals surface area (Å²) >= 11 is 0. The molecule has 2 heterocycles. The average molecular weight is 841 g/mol. The molecule has 0 bridgehead atoms. The minimum Gasteiger partial charge on any atom is -0.433 e. The number of methoxy groups -OCH3 is 1. The maximum absolute atomic E-state index is 12.1. The molecule has 7 rings (SSSR count). The Balaban J connectivity index is 1.16. The molecule has 2 aliphatic heterocycles. The lowest BCUT2D eigenvalue weighted by Gasteiger charge is -2.73. The molecule has 0 aromatic heterocycles. The van der Waals surface area contributed by atoms with Crippen molar-refractivity contribution in [2.45, 2.75) is 187 Å². The van der Waals surface area contributed by atoms with E-state index in [1.807, 2.05) is 6.92 Å². The number of ether oxygens (including phenoxy) is 6. The van der Waals surface area contributed by atoms with E-state index in [2.05, 4.69) is 40.7 Å². The van der Waals surface area contributed by atoms with Crippen molar-refractivity contribution in [1.29, 1.82) is 0 Å². The summed E-state index contributed by atoms with van der Waals surface area (Å²) in [6.45, 7) is 16.0. The second-order valence-electron chi connectivity index (χ2n) is 21.3. The van der Waals surface area contributed by atoms with Crippen molar-refractivity contribution in [2.24, 2.45) is 50.2 Å². The number of hydrogen-bond acceptors (Lipinski definition) is 15. The summed E-state index contributed by atoms with van der Waals surface area (Å²) in [6.07, 6.45) is -8.86. The Bertz CT molecular complexity index is 1590. The van der Waals surface area contributed by atoms with Gasteiger partial charge in [0.15, 0.2) is 12.6 Å². The second kappa shape index (κ2) is 15.7. The van der Waals surface area contributed by atoms with Crippen LogP contribution in [0, 0.1) is 50.2 Å². The molecule has 15 heteroatoms. The molecule has 4 saturated carbocycles. The number of carbonyl (C=O) groups excluding carboxylic acids is 1. The molecule has 0 spiro atoms. The third kappa shape index (κ3) is 6.91. The molecule has 338 valence electrons. The molecule has 0 aromatic carbocycles. The van der Waals surface area contributed by atoms with Gasteiger partial charge in [0.1, 0.15) is 36.6 Å². The third-order valence-electron chi connectivity index (χ3n) is 17.6. The SMILES string of the molecule is CO[C@@H]1C=C2[C@H]3CC(C)(C)CC[C@]3(CO)[C@@H](O)C[C@@]2(C)[C@]2(C)CC[C@@H]3[C@](C)(CO)[C@@H](O[C@@H]4O[C@H](C)[C@H](O)[C@H](O[C@@H]5O[C@H](OC(C)=O)[C@@H](O)[C@H](O)[C@H]5O)[C@H]4O)CC[C@]3(C)[C@@H]12. The zero-order valence-corrected chi connectivity index (χ0v) is 36.3. The number of rotatable bonds is 8. The quantitative estimate of drug-likeness (QED) is 0.0991. The number of hydrogen-bond donors (Lipinski definition) is 8. The number of esters is 1. The van der Waals surface area contributed by atoms with Gasteiger partial charge >= 0.3 is 5.97 Å². The highest BCUT2D eigenvalue weighted by atomic mass is 16.8. The van der Waals surface area contributed by atoms with Crippen LogP contribution in [0.2, 0.25) is 0 Å². The maximum Gasteiger partial charge on any atom is 0.305 e. The minimum absolute atomic E-state index is 0.0146. The number of allylic oxidation sites excluding steroid dienone is 1. The molecular weight excluding hydrogens is 768 g/mol. The van der Waals surface area contributed by atoms with Gasteiger partial charge in [0.05, 0.1) is 37.6 Å². The maximum atomic E-state index is 12.1. The smallest absolute Gasteiger partial charge is 0.305 e. The molecule has 21 atom stereocenters. The van der Waals surface area contributed by atoms with Crippen molar-refractivity contribution in [1.82, 2.24) is 0 Å². The van der Waals surface area contributed by atoms with E-state index < -0.39 is 90.6 Å². The van der Waals surface area contributed by atoms with Crippen LogP contribution in [-0.2, 0) is 33.2 Å². The van der Waals surface area contributed by atoms with E-state index in [-0.39, 0.29) is 58.7 Å². The fraction of sp³-hybridized carbons (Fsp3) is 0.932. The predicted octanol–water partition coefficient (Wildman–Crippen LogP) is 1.91. The molecule has 8 N–H and O–H groups in total. The molecule has 0 aromatic rings. The van der Waals surface area contributed by atoms with Crippen LogP contribution < -0.4 is 0 Å². The summed E-state index contributed by atoms with van der Waals surface area (Å²) in [4.78, 5) is 11.6. The van der Waals surface area contributed by atoms with E-state index in [1.54, 1.807) is 14.0 Å². The van der Waals surface area contributed by atoms with E-state index in [0.717, 1.165) is 39.0 Å². The van der Waals surface area contributed by atoms with Gasteiger partial charge in [0.25, 0.3) is 0 Å². The molecule has 15 nitrogen and oxygen atoms in total. The zero-order valence-electron chi connectivity index (χ0n) is 36.3. The third-order valence-corrected chi connectivity index (χ3v) is 17.6.